The standard InChI is InChI=1S/C13H18BrN/c1-2-6-15-13-8-11(9-13)10-4-3-5-12(14)7-10/h3-5,7,11,13,15H,2,6,8-9H2,1H3. The second kappa shape index (κ2) is 5.13. The Morgan fingerprint density at radius 1 is 1.40 bits per heavy atom. The van der Waals surface area contributed by atoms with Gasteiger partial charge in [-0.05, 0) is 49.4 Å². The molecule has 1 fully saturated rings. The van der Waals surface area contributed by atoms with Gasteiger partial charge in [-0.1, -0.05) is 35.0 Å². The molecule has 1 N–H and O–H groups in total. The van der Waals surface area contributed by atoms with Crippen molar-refractivity contribution in [2.45, 2.75) is 38.1 Å². The van der Waals surface area contributed by atoms with Crippen LogP contribution in [0.2, 0.25) is 0 Å². The molecule has 0 radical (unpaired) electrons. The Labute approximate surface area is 100 Å². The van der Waals surface area contributed by atoms with E-state index in [2.05, 4.69) is 52.4 Å². The third-order valence-corrected chi connectivity index (χ3v) is 3.63. The fourth-order valence-corrected chi connectivity index (χ4v) is 2.58. The minimum atomic E-state index is 0.758. The first-order valence-electron chi connectivity index (χ1n) is 5.78. The van der Waals surface area contributed by atoms with Crippen molar-refractivity contribution in [2.24, 2.45) is 0 Å². The lowest BCUT2D eigenvalue weighted by atomic mass is 9.76. The van der Waals surface area contributed by atoms with E-state index in [0.717, 1.165) is 18.5 Å². The number of hydrogen-bond donors (Lipinski definition) is 1. The van der Waals surface area contributed by atoms with Crippen molar-refractivity contribution in [2.75, 3.05) is 6.54 Å². The number of hydrogen-bond acceptors (Lipinski definition) is 1. The lowest BCUT2D eigenvalue weighted by Crippen LogP contribution is -2.40. The molecule has 0 aromatic heterocycles. The van der Waals surface area contributed by atoms with E-state index < -0.39 is 0 Å². The summed E-state index contributed by atoms with van der Waals surface area (Å²) < 4.78 is 1.20. The Morgan fingerprint density at radius 3 is 2.87 bits per heavy atom. The highest BCUT2D eigenvalue weighted by Gasteiger charge is 2.29. The van der Waals surface area contributed by atoms with Crippen LogP contribution in [0.5, 0.6) is 0 Å². The zero-order chi connectivity index (χ0) is 10.7. The molecule has 1 aliphatic rings. The van der Waals surface area contributed by atoms with Gasteiger partial charge in [-0.2, -0.15) is 0 Å². The molecule has 2 rings (SSSR count). The van der Waals surface area contributed by atoms with Crippen molar-refractivity contribution in [1.29, 1.82) is 0 Å². The lowest BCUT2D eigenvalue weighted by Gasteiger charge is -2.36. The smallest absolute Gasteiger partial charge is 0.0178 e. The Kier molecular flexibility index (Phi) is 3.81. The molecule has 1 nitrogen and oxygen atoms in total. The summed E-state index contributed by atoms with van der Waals surface area (Å²) in [6.07, 6.45) is 3.84. The first kappa shape index (κ1) is 11.2. The van der Waals surface area contributed by atoms with Crippen LogP contribution in [-0.4, -0.2) is 12.6 Å². The molecule has 0 unspecified atom stereocenters. The molecule has 0 aliphatic heterocycles. The summed E-state index contributed by atoms with van der Waals surface area (Å²) in [5, 5.41) is 3.57. The number of halogens is 1. The van der Waals surface area contributed by atoms with Crippen molar-refractivity contribution in [3.8, 4) is 0 Å². The van der Waals surface area contributed by atoms with Gasteiger partial charge >= 0.3 is 0 Å². The second-order valence-electron chi connectivity index (χ2n) is 4.37. The van der Waals surface area contributed by atoms with Gasteiger partial charge in [0.1, 0.15) is 0 Å². The second-order valence-corrected chi connectivity index (χ2v) is 5.29. The van der Waals surface area contributed by atoms with E-state index in [1.807, 2.05) is 0 Å². The topological polar surface area (TPSA) is 12.0 Å². The summed E-state index contributed by atoms with van der Waals surface area (Å²) in [5.74, 6) is 0.775. The highest BCUT2D eigenvalue weighted by molar-refractivity contribution is 9.10. The third kappa shape index (κ3) is 2.82. The van der Waals surface area contributed by atoms with Gasteiger partial charge in [-0.15, -0.1) is 0 Å². The fourth-order valence-electron chi connectivity index (χ4n) is 2.17. The summed E-state index contributed by atoms with van der Waals surface area (Å²) in [4.78, 5) is 0. The first-order chi connectivity index (χ1) is 7.29. The van der Waals surface area contributed by atoms with Crippen LogP contribution < -0.4 is 5.32 Å². The van der Waals surface area contributed by atoms with Crippen LogP contribution in [0.1, 0.15) is 37.7 Å². The molecule has 2 heteroatoms. The van der Waals surface area contributed by atoms with E-state index in [1.54, 1.807) is 0 Å². The van der Waals surface area contributed by atoms with Crippen LogP contribution in [0.3, 0.4) is 0 Å². The van der Waals surface area contributed by atoms with Gasteiger partial charge in [-0.3, -0.25) is 0 Å². The molecule has 0 atom stereocenters. The Bertz CT molecular complexity index is 318. The average molecular weight is 268 g/mol. The maximum atomic E-state index is 3.57. The molecule has 0 bridgehead atoms. The predicted octanol–water partition coefficient (Wildman–Crippen LogP) is 3.69. The normalized spacial score (nSPS) is 24.9. The van der Waals surface area contributed by atoms with E-state index in [1.165, 1.54) is 29.3 Å². The number of rotatable bonds is 4. The van der Waals surface area contributed by atoms with Gasteiger partial charge in [0.2, 0.25) is 0 Å². The van der Waals surface area contributed by atoms with Gasteiger partial charge in [0, 0.05) is 10.5 Å². The van der Waals surface area contributed by atoms with E-state index >= 15 is 0 Å². The van der Waals surface area contributed by atoms with Crippen molar-refractivity contribution in [3.05, 3.63) is 34.3 Å². The Balaban J connectivity index is 1.84. The quantitative estimate of drug-likeness (QED) is 0.878. The minimum Gasteiger partial charge on any atom is -0.314 e. The molecule has 1 aliphatic carbocycles. The van der Waals surface area contributed by atoms with Crippen molar-refractivity contribution in [1.82, 2.24) is 5.32 Å². The predicted molar refractivity (Wildman–Crippen MR) is 68.2 cm³/mol. The molecule has 82 valence electrons. The Morgan fingerprint density at radius 2 is 2.20 bits per heavy atom. The van der Waals surface area contributed by atoms with Crippen molar-refractivity contribution >= 4 is 15.9 Å². The summed E-state index contributed by atoms with van der Waals surface area (Å²) >= 11 is 3.53. The van der Waals surface area contributed by atoms with Gasteiger partial charge in [0.05, 0.1) is 0 Å². The number of nitrogens with one attached hydrogen (secondary N) is 1. The lowest BCUT2D eigenvalue weighted by molar-refractivity contribution is 0.292. The van der Waals surface area contributed by atoms with Crippen LogP contribution in [0, 0.1) is 0 Å². The number of benzene rings is 1. The monoisotopic (exact) mass is 267 g/mol. The van der Waals surface area contributed by atoms with Gasteiger partial charge in [-0.25, -0.2) is 0 Å². The molecule has 0 spiro atoms. The average Bonchev–Trinajstić information content (AvgIpc) is 2.16. The Hall–Kier alpha value is -0.340. The molecule has 1 aromatic rings. The van der Waals surface area contributed by atoms with Crippen molar-refractivity contribution in [3.63, 3.8) is 0 Å². The molecule has 15 heavy (non-hydrogen) atoms. The van der Waals surface area contributed by atoms with E-state index in [-0.39, 0.29) is 0 Å². The van der Waals surface area contributed by atoms with Crippen LogP contribution in [-0.2, 0) is 0 Å². The van der Waals surface area contributed by atoms with Crippen LogP contribution in [0.4, 0.5) is 0 Å². The largest absolute Gasteiger partial charge is 0.314 e. The van der Waals surface area contributed by atoms with E-state index in [9.17, 15) is 0 Å². The van der Waals surface area contributed by atoms with Gasteiger partial charge in [0.25, 0.3) is 0 Å². The molecule has 0 amide bonds. The summed E-state index contributed by atoms with van der Waals surface area (Å²) in [6, 6.07) is 9.47. The highest BCUT2D eigenvalue weighted by Crippen LogP contribution is 2.37. The highest BCUT2D eigenvalue weighted by atomic mass is 79.9. The zero-order valence-electron chi connectivity index (χ0n) is 9.17. The van der Waals surface area contributed by atoms with Gasteiger partial charge in [0.15, 0.2) is 0 Å². The molecular formula is C13H18BrN. The molecule has 1 saturated carbocycles. The maximum absolute atomic E-state index is 3.57. The third-order valence-electron chi connectivity index (χ3n) is 3.14. The fraction of sp³-hybridized carbons (Fsp3) is 0.538. The SMILES string of the molecule is CCCNC1CC(c2cccc(Br)c2)C1. The van der Waals surface area contributed by atoms with Crippen LogP contribution >= 0.6 is 15.9 Å². The van der Waals surface area contributed by atoms with Crippen molar-refractivity contribution < 1.29 is 0 Å². The summed E-state index contributed by atoms with van der Waals surface area (Å²) in [6.45, 7) is 3.38. The van der Waals surface area contributed by atoms with Crippen LogP contribution in [0.25, 0.3) is 0 Å². The molecule has 1 aromatic carbocycles. The van der Waals surface area contributed by atoms with Crippen LogP contribution in [0.15, 0.2) is 28.7 Å². The molecule has 0 saturated heterocycles. The summed E-state index contributed by atoms with van der Waals surface area (Å²) in [5.41, 5.74) is 1.49. The van der Waals surface area contributed by atoms with E-state index in [0.29, 0.717) is 0 Å². The van der Waals surface area contributed by atoms with Gasteiger partial charge < -0.3 is 5.32 Å². The van der Waals surface area contributed by atoms with E-state index in [4.69, 9.17) is 0 Å². The molecule has 0 heterocycles. The zero-order valence-corrected chi connectivity index (χ0v) is 10.8. The molecular weight excluding hydrogens is 250 g/mol. The summed E-state index contributed by atoms with van der Waals surface area (Å²) in [7, 11) is 0. The first-order valence-corrected chi connectivity index (χ1v) is 6.57. The maximum Gasteiger partial charge on any atom is 0.0178 e. The minimum absolute atomic E-state index is 0.758.